The minimum absolute atomic E-state index is 0.442. The molecule has 1 aliphatic heterocycles. The maximum absolute atomic E-state index is 4.28. The smallest absolute Gasteiger partial charge is 0.129 e. The van der Waals surface area contributed by atoms with Crippen molar-refractivity contribution in [2.45, 2.75) is 50.6 Å². The Labute approximate surface area is 102 Å². The Bertz CT molecular complexity index is 400. The minimum atomic E-state index is 0.442. The number of nitrogens with zero attached hydrogens (tertiary/aromatic N) is 2. The quantitative estimate of drug-likeness (QED) is 0.817. The molecule has 92 valence electrons. The molecule has 2 aliphatic rings. The zero-order valence-electron chi connectivity index (χ0n) is 10.4. The Hall–Kier alpha value is -1.16. The van der Waals surface area contributed by atoms with Gasteiger partial charge >= 0.3 is 0 Å². The molecule has 1 aromatic heterocycles. The van der Waals surface area contributed by atoms with E-state index in [2.05, 4.69) is 20.6 Å². The Morgan fingerprint density at radius 1 is 1.41 bits per heavy atom. The fourth-order valence-corrected chi connectivity index (χ4v) is 3.01. The van der Waals surface area contributed by atoms with Crippen LogP contribution in [0.3, 0.4) is 0 Å². The number of hydrogen-bond acceptors (Lipinski definition) is 4. The highest BCUT2D eigenvalue weighted by atomic mass is 15.1. The first kappa shape index (κ1) is 11.0. The molecule has 0 aromatic carbocycles. The Balaban J connectivity index is 1.65. The topological polar surface area (TPSA) is 49.8 Å². The third kappa shape index (κ3) is 2.27. The number of hydrogen-bond donors (Lipinski definition) is 2. The Kier molecular flexibility index (Phi) is 2.74. The van der Waals surface area contributed by atoms with Gasteiger partial charge in [-0.05, 0) is 45.6 Å². The zero-order chi connectivity index (χ0) is 11.7. The summed E-state index contributed by atoms with van der Waals surface area (Å²) < 4.78 is 0. The molecule has 0 amide bonds. The largest absolute Gasteiger partial charge is 0.367 e. The summed E-state index contributed by atoms with van der Waals surface area (Å²) in [7, 11) is 0. The fourth-order valence-electron chi connectivity index (χ4n) is 3.01. The molecule has 17 heavy (non-hydrogen) atoms. The summed E-state index contributed by atoms with van der Waals surface area (Å²) in [6, 6.07) is 2.58. The second-order valence-corrected chi connectivity index (χ2v) is 5.44. The van der Waals surface area contributed by atoms with E-state index in [0.29, 0.717) is 11.6 Å². The van der Waals surface area contributed by atoms with Crippen molar-refractivity contribution in [2.24, 2.45) is 0 Å². The highest BCUT2D eigenvalue weighted by molar-refractivity contribution is 5.36. The molecule has 1 aromatic rings. The molecule has 2 heterocycles. The molecule has 1 aliphatic carbocycles. The van der Waals surface area contributed by atoms with Crippen molar-refractivity contribution < 1.29 is 0 Å². The first-order valence-corrected chi connectivity index (χ1v) is 6.56. The summed E-state index contributed by atoms with van der Waals surface area (Å²) in [6.45, 7) is 3.13. The third-order valence-electron chi connectivity index (χ3n) is 4.10. The monoisotopic (exact) mass is 232 g/mol. The van der Waals surface area contributed by atoms with Gasteiger partial charge in [-0.3, -0.25) is 0 Å². The lowest BCUT2D eigenvalue weighted by Gasteiger charge is -2.48. The van der Waals surface area contributed by atoms with Gasteiger partial charge in [-0.25, -0.2) is 9.97 Å². The van der Waals surface area contributed by atoms with Crippen molar-refractivity contribution in [3.05, 3.63) is 18.1 Å². The van der Waals surface area contributed by atoms with Crippen molar-refractivity contribution in [2.75, 3.05) is 11.9 Å². The van der Waals surface area contributed by atoms with E-state index in [9.17, 15) is 0 Å². The van der Waals surface area contributed by atoms with Gasteiger partial charge in [0.05, 0.1) is 0 Å². The van der Waals surface area contributed by atoms with Crippen LogP contribution in [0.4, 0.5) is 5.82 Å². The highest BCUT2D eigenvalue weighted by Crippen LogP contribution is 2.38. The van der Waals surface area contributed by atoms with Crippen LogP contribution in [-0.4, -0.2) is 28.1 Å². The van der Waals surface area contributed by atoms with E-state index >= 15 is 0 Å². The highest BCUT2D eigenvalue weighted by Gasteiger charge is 2.40. The van der Waals surface area contributed by atoms with Gasteiger partial charge in [0.1, 0.15) is 12.1 Å². The molecule has 4 nitrogen and oxygen atoms in total. The first-order chi connectivity index (χ1) is 8.26. The number of piperidine rings is 1. The lowest BCUT2D eigenvalue weighted by atomic mass is 9.70. The summed E-state index contributed by atoms with van der Waals surface area (Å²) in [5.41, 5.74) is 1.47. The van der Waals surface area contributed by atoms with E-state index < -0.39 is 0 Å². The molecule has 0 bridgehead atoms. The molecule has 2 N–H and O–H groups in total. The molecule has 1 unspecified atom stereocenters. The van der Waals surface area contributed by atoms with Gasteiger partial charge in [-0.15, -0.1) is 0 Å². The molecule has 1 atom stereocenters. The van der Waals surface area contributed by atoms with Crippen molar-refractivity contribution in [1.82, 2.24) is 15.3 Å². The average Bonchev–Trinajstić information content (AvgIpc) is 2.27. The SMILES string of the molecule is Cc1cc(NC2CCNC3(CCC3)C2)ncn1. The van der Waals surface area contributed by atoms with Gasteiger partial charge in [0.2, 0.25) is 0 Å². The first-order valence-electron chi connectivity index (χ1n) is 6.56. The van der Waals surface area contributed by atoms with Crippen LogP contribution in [0.25, 0.3) is 0 Å². The fraction of sp³-hybridized carbons (Fsp3) is 0.692. The van der Waals surface area contributed by atoms with Gasteiger partial charge in [0.15, 0.2) is 0 Å². The van der Waals surface area contributed by atoms with E-state index in [1.807, 2.05) is 13.0 Å². The predicted molar refractivity (Wildman–Crippen MR) is 68.0 cm³/mol. The maximum atomic E-state index is 4.28. The number of anilines is 1. The summed E-state index contributed by atoms with van der Waals surface area (Å²) >= 11 is 0. The van der Waals surface area contributed by atoms with Crippen LogP contribution in [0.1, 0.15) is 37.8 Å². The summed E-state index contributed by atoms with van der Waals surface area (Å²) in [4.78, 5) is 8.41. The number of aromatic nitrogens is 2. The molecule has 4 heteroatoms. The van der Waals surface area contributed by atoms with Crippen LogP contribution in [0.2, 0.25) is 0 Å². The molecular weight excluding hydrogens is 212 g/mol. The summed E-state index contributed by atoms with van der Waals surface area (Å²) in [5, 5.41) is 7.24. The summed E-state index contributed by atoms with van der Waals surface area (Å²) in [6.07, 6.45) is 8.12. The standard InChI is InChI=1S/C13H20N4/c1-10-7-12(15-9-14-10)17-11-3-6-16-13(8-11)4-2-5-13/h7,9,11,16H,2-6,8H2,1H3,(H,14,15,17). The molecule has 3 rings (SSSR count). The number of aryl methyl sites for hydroxylation is 1. The van der Waals surface area contributed by atoms with Crippen LogP contribution < -0.4 is 10.6 Å². The molecule has 0 radical (unpaired) electrons. The van der Waals surface area contributed by atoms with Crippen molar-refractivity contribution in [3.8, 4) is 0 Å². The van der Waals surface area contributed by atoms with Crippen LogP contribution >= 0.6 is 0 Å². The van der Waals surface area contributed by atoms with Gasteiger partial charge in [0, 0.05) is 23.3 Å². The Morgan fingerprint density at radius 2 is 2.29 bits per heavy atom. The zero-order valence-corrected chi connectivity index (χ0v) is 10.4. The van der Waals surface area contributed by atoms with Crippen LogP contribution in [0, 0.1) is 6.92 Å². The second-order valence-electron chi connectivity index (χ2n) is 5.44. The molecule has 1 saturated carbocycles. The van der Waals surface area contributed by atoms with E-state index in [4.69, 9.17) is 0 Å². The lowest BCUT2D eigenvalue weighted by molar-refractivity contribution is 0.135. The number of nitrogens with one attached hydrogen (secondary N) is 2. The normalized spacial score (nSPS) is 26.5. The molecular formula is C13H20N4. The van der Waals surface area contributed by atoms with Crippen molar-refractivity contribution >= 4 is 5.82 Å². The average molecular weight is 232 g/mol. The Morgan fingerprint density at radius 3 is 3.00 bits per heavy atom. The van der Waals surface area contributed by atoms with Gasteiger partial charge < -0.3 is 10.6 Å². The van der Waals surface area contributed by atoms with Crippen LogP contribution in [0.5, 0.6) is 0 Å². The van der Waals surface area contributed by atoms with Crippen LogP contribution in [-0.2, 0) is 0 Å². The maximum Gasteiger partial charge on any atom is 0.129 e. The number of rotatable bonds is 2. The third-order valence-corrected chi connectivity index (χ3v) is 4.10. The minimum Gasteiger partial charge on any atom is -0.367 e. The van der Waals surface area contributed by atoms with Crippen molar-refractivity contribution in [1.29, 1.82) is 0 Å². The van der Waals surface area contributed by atoms with E-state index in [0.717, 1.165) is 18.1 Å². The van der Waals surface area contributed by atoms with Crippen LogP contribution in [0.15, 0.2) is 12.4 Å². The lowest BCUT2D eigenvalue weighted by Crippen LogP contribution is -2.58. The van der Waals surface area contributed by atoms with Gasteiger partial charge in [0.25, 0.3) is 0 Å². The van der Waals surface area contributed by atoms with E-state index in [1.54, 1.807) is 6.33 Å². The van der Waals surface area contributed by atoms with E-state index in [-0.39, 0.29) is 0 Å². The molecule has 1 saturated heterocycles. The van der Waals surface area contributed by atoms with Gasteiger partial charge in [-0.2, -0.15) is 0 Å². The predicted octanol–water partition coefficient (Wildman–Crippen LogP) is 1.87. The molecule has 2 fully saturated rings. The molecule has 1 spiro atoms. The summed E-state index contributed by atoms with van der Waals surface area (Å²) in [5.74, 6) is 0.971. The van der Waals surface area contributed by atoms with Crippen molar-refractivity contribution in [3.63, 3.8) is 0 Å². The van der Waals surface area contributed by atoms with E-state index in [1.165, 1.54) is 32.1 Å². The van der Waals surface area contributed by atoms with Gasteiger partial charge in [-0.1, -0.05) is 0 Å². The second kappa shape index (κ2) is 4.26.